The molecule has 23 heavy (non-hydrogen) atoms. The molecule has 1 heterocycles. The second-order valence-electron chi connectivity index (χ2n) is 5.31. The highest BCUT2D eigenvalue weighted by Gasteiger charge is 2.14. The first-order valence-electron chi connectivity index (χ1n) is 7.34. The summed E-state index contributed by atoms with van der Waals surface area (Å²) in [6.45, 7) is 4.81. The monoisotopic (exact) mass is 338 g/mol. The number of hydrogen-bond donors (Lipinski definition) is 0. The fraction of sp³-hybridized carbons (Fsp3) is 0.500. The molecule has 1 aromatic heterocycles. The maximum absolute atomic E-state index is 12.0. The predicted molar refractivity (Wildman–Crippen MR) is 90.2 cm³/mol. The molecule has 2 aromatic rings. The Kier molecular flexibility index (Phi) is 5.79. The van der Waals surface area contributed by atoms with Crippen LogP contribution >= 0.6 is 11.3 Å². The summed E-state index contributed by atoms with van der Waals surface area (Å²) in [5, 5.41) is 0. The maximum atomic E-state index is 12.0. The van der Waals surface area contributed by atoms with Crippen LogP contribution in [0.25, 0.3) is 10.2 Å². The molecule has 2 rings (SSSR count). The Labute approximate surface area is 139 Å². The van der Waals surface area contributed by atoms with Crippen molar-refractivity contribution in [2.45, 2.75) is 20.4 Å². The van der Waals surface area contributed by atoms with Gasteiger partial charge in [0.2, 0.25) is 0 Å². The standard InChI is InChI=1S/C16H22N2O4S/c1-10(2)15(19)17-16-18(6-7-20-3)11-8-12(21-4)13(22-5)9-14(11)23-16/h8-10H,6-7H2,1-5H3. The SMILES string of the molecule is COCCn1c(=NC(=O)C(C)C)sc2cc(OC)c(OC)cc21. The number of methoxy groups -OCH3 is 3. The van der Waals surface area contributed by atoms with E-state index >= 15 is 0 Å². The normalized spacial score (nSPS) is 12.2. The van der Waals surface area contributed by atoms with Gasteiger partial charge >= 0.3 is 0 Å². The molecule has 0 saturated heterocycles. The molecule has 126 valence electrons. The number of carbonyl (C=O) groups excluding carboxylic acids is 1. The summed E-state index contributed by atoms with van der Waals surface area (Å²) in [7, 11) is 4.85. The summed E-state index contributed by atoms with van der Waals surface area (Å²) in [4.78, 5) is 16.9. The Bertz CT molecular complexity index is 761. The highest BCUT2D eigenvalue weighted by molar-refractivity contribution is 7.16. The Balaban J connectivity index is 2.68. The molecule has 0 radical (unpaired) electrons. The first-order chi connectivity index (χ1) is 11.0. The molecule has 0 aliphatic carbocycles. The van der Waals surface area contributed by atoms with Crippen molar-refractivity contribution in [3.63, 3.8) is 0 Å². The lowest BCUT2D eigenvalue weighted by atomic mass is 10.2. The molecule has 7 heteroatoms. The maximum Gasteiger partial charge on any atom is 0.250 e. The van der Waals surface area contributed by atoms with Crippen molar-refractivity contribution in [3.8, 4) is 11.5 Å². The van der Waals surface area contributed by atoms with E-state index in [1.165, 1.54) is 11.3 Å². The molecule has 0 aliphatic heterocycles. The van der Waals surface area contributed by atoms with E-state index in [0.29, 0.717) is 29.5 Å². The van der Waals surface area contributed by atoms with Gasteiger partial charge in [-0.3, -0.25) is 4.79 Å². The molecular formula is C16H22N2O4S. The van der Waals surface area contributed by atoms with Gasteiger partial charge in [-0.1, -0.05) is 25.2 Å². The number of fused-ring (bicyclic) bond motifs is 1. The molecule has 1 amide bonds. The van der Waals surface area contributed by atoms with Gasteiger partial charge in [0.1, 0.15) is 0 Å². The average Bonchev–Trinajstić information content (AvgIpc) is 2.87. The third-order valence-electron chi connectivity index (χ3n) is 3.41. The molecule has 6 nitrogen and oxygen atoms in total. The van der Waals surface area contributed by atoms with Crippen molar-refractivity contribution in [1.29, 1.82) is 0 Å². The first kappa shape index (κ1) is 17.5. The molecule has 0 unspecified atom stereocenters. The van der Waals surface area contributed by atoms with Gasteiger partial charge in [-0.05, 0) is 0 Å². The summed E-state index contributed by atoms with van der Waals surface area (Å²) in [6.07, 6.45) is 0. The Morgan fingerprint density at radius 3 is 2.43 bits per heavy atom. The molecule has 0 fully saturated rings. The molecular weight excluding hydrogens is 316 g/mol. The molecule has 0 aliphatic rings. The van der Waals surface area contributed by atoms with Crippen LogP contribution in [0.5, 0.6) is 11.5 Å². The predicted octanol–water partition coefficient (Wildman–Crippen LogP) is 2.45. The molecule has 0 saturated carbocycles. The van der Waals surface area contributed by atoms with Gasteiger partial charge in [-0.15, -0.1) is 0 Å². The lowest BCUT2D eigenvalue weighted by molar-refractivity contribution is -0.120. The van der Waals surface area contributed by atoms with Gasteiger partial charge in [0, 0.05) is 31.7 Å². The van der Waals surface area contributed by atoms with E-state index in [-0.39, 0.29) is 11.8 Å². The quantitative estimate of drug-likeness (QED) is 0.812. The van der Waals surface area contributed by atoms with E-state index in [0.717, 1.165) is 10.2 Å². The number of carbonyl (C=O) groups is 1. The third kappa shape index (κ3) is 3.73. The fourth-order valence-corrected chi connectivity index (χ4v) is 3.18. The lowest BCUT2D eigenvalue weighted by Crippen LogP contribution is -2.20. The summed E-state index contributed by atoms with van der Waals surface area (Å²) in [5.74, 6) is 1.02. The Hall–Kier alpha value is -1.86. The first-order valence-corrected chi connectivity index (χ1v) is 8.16. The fourth-order valence-electron chi connectivity index (χ4n) is 2.10. The summed E-state index contributed by atoms with van der Waals surface area (Å²) in [5.41, 5.74) is 0.944. The largest absolute Gasteiger partial charge is 0.493 e. The van der Waals surface area contributed by atoms with Crippen LogP contribution in [0.15, 0.2) is 17.1 Å². The minimum atomic E-state index is -0.139. The van der Waals surface area contributed by atoms with Crippen molar-refractivity contribution in [2.24, 2.45) is 10.9 Å². The second kappa shape index (κ2) is 7.61. The van der Waals surface area contributed by atoms with E-state index in [1.54, 1.807) is 21.3 Å². The van der Waals surface area contributed by atoms with Crippen molar-refractivity contribution >= 4 is 27.5 Å². The lowest BCUT2D eigenvalue weighted by Gasteiger charge is -2.09. The van der Waals surface area contributed by atoms with Crippen LogP contribution in [0, 0.1) is 5.92 Å². The van der Waals surface area contributed by atoms with E-state index in [9.17, 15) is 4.79 Å². The summed E-state index contributed by atoms with van der Waals surface area (Å²) < 4.78 is 18.8. The van der Waals surface area contributed by atoms with Crippen LogP contribution in [0.4, 0.5) is 0 Å². The Morgan fingerprint density at radius 2 is 1.87 bits per heavy atom. The number of hydrogen-bond acceptors (Lipinski definition) is 5. The zero-order valence-electron chi connectivity index (χ0n) is 14.1. The number of thiazole rings is 1. The van der Waals surface area contributed by atoms with Crippen LogP contribution in [-0.2, 0) is 16.1 Å². The van der Waals surface area contributed by atoms with E-state index in [2.05, 4.69) is 4.99 Å². The Morgan fingerprint density at radius 1 is 1.22 bits per heavy atom. The van der Waals surface area contributed by atoms with Gasteiger partial charge in [-0.25, -0.2) is 0 Å². The van der Waals surface area contributed by atoms with Crippen LogP contribution in [0.1, 0.15) is 13.8 Å². The van der Waals surface area contributed by atoms with Gasteiger partial charge in [0.25, 0.3) is 5.91 Å². The number of aromatic nitrogens is 1. The molecule has 0 N–H and O–H groups in total. The molecule has 0 atom stereocenters. The van der Waals surface area contributed by atoms with Crippen molar-refractivity contribution in [3.05, 3.63) is 16.9 Å². The number of ether oxygens (including phenoxy) is 3. The van der Waals surface area contributed by atoms with Crippen molar-refractivity contribution < 1.29 is 19.0 Å². The highest BCUT2D eigenvalue weighted by atomic mass is 32.1. The van der Waals surface area contributed by atoms with E-state index in [1.807, 2.05) is 30.5 Å². The minimum Gasteiger partial charge on any atom is -0.493 e. The number of rotatable bonds is 6. The number of amides is 1. The van der Waals surface area contributed by atoms with Crippen LogP contribution < -0.4 is 14.3 Å². The van der Waals surface area contributed by atoms with Gasteiger partial charge in [-0.2, -0.15) is 4.99 Å². The number of nitrogens with zero attached hydrogens (tertiary/aromatic N) is 2. The van der Waals surface area contributed by atoms with Crippen LogP contribution in [0.3, 0.4) is 0 Å². The summed E-state index contributed by atoms with van der Waals surface area (Å²) in [6, 6.07) is 3.81. The molecule has 1 aromatic carbocycles. The van der Waals surface area contributed by atoms with E-state index < -0.39 is 0 Å². The summed E-state index contributed by atoms with van der Waals surface area (Å²) >= 11 is 1.45. The van der Waals surface area contributed by atoms with E-state index in [4.69, 9.17) is 14.2 Å². The smallest absolute Gasteiger partial charge is 0.250 e. The zero-order chi connectivity index (χ0) is 17.0. The van der Waals surface area contributed by atoms with Crippen LogP contribution in [0.2, 0.25) is 0 Å². The average molecular weight is 338 g/mol. The van der Waals surface area contributed by atoms with Crippen LogP contribution in [-0.4, -0.2) is 38.4 Å². The van der Waals surface area contributed by atoms with Gasteiger partial charge < -0.3 is 18.8 Å². The van der Waals surface area contributed by atoms with Crippen molar-refractivity contribution in [2.75, 3.05) is 27.9 Å². The molecule has 0 spiro atoms. The topological polar surface area (TPSA) is 62.1 Å². The minimum absolute atomic E-state index is 0.137. The second-order valence-corrected chi connectivity index (χ2v) is 6.32. The third-order valence-corrected chi connectivity index (χ3v) is 4.45. The molecule has 0 bridgehead atoms. The number of benzene rings is 1. The van der Waals surface area contributed by atoms with Gasteiger partial charge in [0.15, 0.2) is 16.3 Å². The highest BCUT2D eigenvalue weighted by Crippen LogP contribution is 2.33. The van der Waals surface area contributed by atoms with Gasteiger partial charge in [0.05, 0.1) is 31.0 Å². The van der Waals surface area contributed by atoms with Crippen molar-refractivity contribution in [1.82, 2.24) is 4.57 Å². The zero-order valence-corrected chi connectivity index (χ0v) is 14.9.